The second-order valence-corrected chi connectivity index (χ2v) is 6.27. The Morgan fingerprint density at radius 1 is 1.30 bits per heavy atom. The molecule has 1 heterocycles. The zero-order valence-corrected chi connectivity index (χ0v) is 13.6. The molecule has 0 fully saturated rings. The molecule has 5 heteroatoms. The second-order valence-electron chi connectivity index (χ2n) is 4.62. The van der Waals surface area contributed by atoms with E-state index in [1.807, 2.05) is 18.2 Å². The molecular formula is C15H22N2OS2. The van der Waals surface area contributed by atoms with Crippen molar-refractivity contribution in [2.45, 2.75) is 45.4 Å². The normalized spacial score (nSPS) is 10.2. The van der Waals surface area contributed by atoms with E-state index < -0.39 is 0 Å². The summed E-state index contributed by atoms with van der Waals surface area (Å²) >= 11 is 6.56. The number of hydrogen-bond acceptors (Lipinski definition) is 4. The molecule has 0 saturated carbocycles. The lowest BCUT2D eigenvalue weighted by molar-refractivity contribution is -0.116. The average Bonchev–Trinajstić information content (AvgIpc) is 2.46. The second kappa shape index (κ2) is 10.8. The first kappa shape index (κ1) is 17.1. The Kier molecular flexibility index (Phi) is 9.24. The van der Waals surface area contributed by atoms with E-state index in [9.17, 15) is 4.79 Å². The van der Waals surface area contributed by atoms with Crippen molar-refractivity contribution in [3.63, 3.8) is 0 Å². The summed E-state index contributed by atoms with van der Waals surface area (Å²) in [5, 5.41) is 3.01. The number of hydrogen-bond donors (Lipinski definition) is 1. The summed E-state index contributed by atoms with van der Waals surface area (Å²) in [7, 11) is 0. The Morgan fingerprint density at radius 2 is 2.10 bits per heavy atom. The van der Waals surface area contributed by atoms with Gasteiger partial charge in [-0.2, -0.15) is 0 Å². The molecule has 0 radical (unpaired) electrons. The highest BCUT2D eigenvalue weighted by Crippen LogP contribution is 2.11. The summed E-state index contributed by atoms with van der Waals surface area (Å²) in [6.07, 6.45) is 8.26. The van der Waals surface area contributed by atoms with Crippen molar-refractivity contribution in [3.05, 3.63) is 24.4 Å². The molecule has 3 nitrogen and oxygen atoms in total. The first-order valence-electron chi connectivity index (χ1n) is 7.09. The van der Waals surface area contributed by atoms with Crippen LogP contribution in [-0.4, -0.2) is 20.8 Å². The van der Waals surface area contributed by atoms with Crippen LogP contribution in [0.5, 0.6) is 0 Å². The average molecular weight is 310 g/mol. The zero-order valence-electron chi connectivity index (χ0n) is 11.9. The smallest absolute Gasteiger partial charge is 0.143 e. The molecule has 20 heavy (non-hydrogen) atoms. The molecule has 0 aliphatic rings. The number of rotatable bonds is 9. The topological polar surface area (TPSA) is 42.0 Å². The monoisotopic (exact) mass is 310 g/mol. The Labute approximate surface area is 130 Å². The Bertz CT molecular complexity index is 410. The molecule has 0 spiro atoms. The van der Waals surface area contributed by atoms with Gasteiger partial charge >= 0.3 is 0 Å². The highest BCUT2D eigenvalue weighted by molar-refractivity contribution is 8.23. The number of aromatic nitrogens is 1. The van der Waals surface area contributed by atoms with E-state index in [1.165, 1.54) is 31.0 Å². The first-order chi connectivity index (χ1) is 9.72. The number of thiocarbonyl (C=S) groups is 1. The fourth-order valence-corrected chi connectivity index (χ4v) is 2.62. The highest BCUT2D eigenvalue weighted by atomic mass is 32.2. The van der Waals surface area contributed by atoms with Crippen molar-refractivity contribution < 1.29 is 4.79 Å². The molecule has 0 aromatic carbocycles. The minimum Gasteiger partial charge on any atom is -0.326 e. The SMILES string of the molecule is CCCCCCCC(=O)CSC(=S)Nc1ccccn1. The van der Waals surface area contributed by atoms with Crippen LogP contribution in [-0.2, 0) is 4.79 Å². The van der Waals surface area contributed by atoms with Crippen molar-refractivity contribution in [2.75, 3.05) is 11.1 Å². The third kappa shape index (κ3) is 8.27. The largest absolute Gasteiger partial charge is 0.326 e. The molecule has 1 aromatic heterocycles. The van der Waals surface area contributed by atoms with E-state index in [4.69, 9.17) is 12.2 Å². The lowest BCUT2D eigenvalue weighted by Crippen LogP contribution is -2.10. The maximum Gasteiger partial charge on any atom is 0.143 e. The zero-order chi connectivity index (χ0) is 14.6. The molecule has 0 amide bonds. The van der Waals surface area contributed by atoms with Crippen LogP contribution in [0, 0.1) is 0 Å². The summed E-state index contributed by atoms with van der Waals surface area (Å²) < 4.78 is 0.600. The number of pyridine rings is 1. The van der Waals surface area contributed by atoms with Gasteiger partial charge in [-0.05, 0) is 18.6 Å². The van der Waals surface area contributed by atoms with Gasteiger partial charge in [0.1, 0.15) is 15.9 Å². The van der Waals surface area contributed by atoms with Gasteiger partial charge in [-0.3, -0.25) is 4.79 Å². The molecule has 0 unspecified atom stereocenters. The van der Waals surface area contributed by atoms with Gasteiger partial charge in [0.15, 0.2) is 0 Å². The maximum atomic E-state index is 11.7. The Morgan fingerprint density at radius 3 is 2.80 bits per heavy atom. The van der Waals surface area contributed by atoms with E-state index in [0.717, 1.165) is 18.7 Å². The summed E-state index contributed by atoms with van der Waals surface area (Å²) in [6, 6.07) is 5.59. The molecule has 110 valence electrons. The van der Waals surface area contributed by atoms with Crippen LogP contribution < -0.4 is 5.32 Å². The summed E-state index contributed by atoms with van der Waals surface area (Å²) in [6.45, 7) is 2.19. The minimum atomic E-state index is 0.275. The summed E-state index contributed by atoms with van der Waals surface area (Å²) in [5.74, 6) is 1.44. The quantitative estimate of drug-likeness (QED) is 0.539. The summed E-state index contributed by atoms with van der Waals surface area (Å²) in [5.41, 5.74) is 0. The number of Topliss-reactive ketones (excluding diaryl/α,β-unsaturated/α-hetero) is 1. The summed E-state index contributed by atoms with van der Waals surface area (Å²) in [4.78, 5) is 15.8. The molecule has 0 atom stereocenters. The van der Waals surface area contributed by atoms with Gasteiger partial charge in [-0.1, -0.05) is 62.7 Å². The van der Waals surface area contributed by atoms with E-state index in [0.29, 0.717) is 16.5 Å². The number of thioether (sulfide) groups is 1. The van der Waals surface area contributed by atoms with E-state index in [2.05, 4.69) is 17.2 Å². The van der Waals surface area contributed by atoms with Gasteiger partial charge in [0.25, 0.3) is 0 Å². The third-order valence-electron chi connectivity index (χ3n) is 2.82. The minimum absolute atomic E-state index is 0.275. The number of carbonyl (C=O) groups is 1. The molecule has 0 saturated heterocycles. The van der Waals surface area contributed by atoms with Gasteiger partial charge in [-0.25, -0.2) is 4.98 Å². The fourth-order valence-electron chi connectivity index (χ4n) is 1.72. The van der Waals surface area contributed by atoms with Crippen molar-refractivity contribution in [1.29, 1.82) is 0 Å². The van der Waals surface area contributed by atoms with Crippen LogP contribution in [0.2, 0.25) is 0 Å². The van der Waals surface area contributed by atoms with Crippen molar-refractivity contribution >= 4 is 39.9 Å². The van der Waals surface area contributed by atoms with E-state index in [-0.39, 0.29) is 5.78 Å². The van der Waals surface area contributed by atoms with Gasteiger partial charge < -0.3 is 5.32 Å². The van der Waals surface area contributed by atoms with Gasteiger partial charge in [-0.15, -0.1) is 0 Å². The first-order valence-corrected chi connectivity index (χ1v) is 8.48. The molecule has 1 aromatic rings. The Balaban J connectivity index is 2.10. The van der Waals surface area contributed by atoms with Crippen LogP contribution in [0.25, 0.3) is 0 Å². The number of ketones is 1. The van der Waals surface area contributed by atoms with Gasteiger partial charge in [0.05, 0.1) is 5.75 Å². The number of nitrogens with one attached hydrogen (secondary N) is 1. The fraction of sp³-hybridized carbons (Fsp3) is 0.533. The molecule has 0 aliphatic heterocycles. The van der Waals surface area contributed by atoms with E-state index >= 15 is 0 Å². The van der Waals surface area contributed by atoms with Crippen LogP contribution in [0.4, 0.5) is 5.82 Å². The van der Waals surface area contributed by atoms with Gasteiger partial charge in [0, 0.05) is 12.6 Å². The number of carbonyl (C=O) groups excluding carboxylic acids is 1. The third-order valence-corrected chi connectivity index (χ3v) is 4.10. The highest BCUT2D eigenvalue weighted by Gasteiger charge is 2.05. The van der Waals surface area contributed by atoms with Crippen LogP contribution in [0.3, 0.4) is 0 Å². The molecular weight excluding hydrogens is 288 g/mol. The number of nitrogens with zero attached hydrogens (tertiary/aromatic N) is 1. The maximum absolute atomic E-state index is 11.7. The van der Waals surface area contributed by atoms with Crippen LogP contribution >= 0.6 is 24.0 Å². The molecule has 1 N–H and O–H groups in total. The van der Waals surface area contributed by atoms with Crippen molar-refractivity contribution in [2.24, 2.45) is 0 Å². The lowest BCUT2D eigenvalue weighted by Gasteiger charge is -2.06. The van der Waals surface area contributed by atoms with Crippen molar-refractivity contribution in [1.82, 2.24) is 4.98 Å². The van der Waals surface area contributed by atoms with Gasteiger partial charge in [0.2, 0.25) is 0 Å². The lowest BCUT2D eigenvalue weighted by atomic mass is 10.1. The predicted molar refractivity (Wildman–Crippen MR) is 91.3 cm³/mol. The van der Waals surface area contributed by atoms with Crippen LogP contribution in [0.1, 0.15) is 45.4 Å². The standard InChI is InChI=1S/C15H22N2OS2/c1-2-3-4-5-6-9-13(18)12-20-15(19)17-14-10-7-8-11-16-14/h7-8,10-11H,2-6,9,12H2,1H3,(H,16,17,19). The molecule has 0 bridgehead atoms. The van der Waals surface area contributed by atoms with Crippen LogP contribution in [0.15, 0.2) is 24.4 Å². The molecule has 0 aliphatic carbocycles. The molecule has 1 rings (SSSR count). The Hall–Kier alpha value is -0.940. The number of anilines is 1. The van der Waals surface area contributed by atoms with Crippen molar-refractivity contribution in [3.8, 4) is 0 Å². The predicted octanol–water partition coefficient (Wildman–Crippen LogP) is 4.44. The number of unbranched alkanes of at least 4 members (excludes halogenated alkanes) is 4. The van der Waals surface area contributed by atoms with E-state index in [1.54, 1.807) is 6.20 Å².